The van der Waals surface area contributed by atoms with Gasteiger partial charge in [-0.3, -0.25) is 9.59 Å². The van der Waals surface area contributed by atoms with E-state index in [0.717, 1.165) is 14.9 Å². The number of carbonyl (C=O) groups excluding carboxylic acids is 2. The normalized spacial score (nSPS) is 23.2. The lowest BCUT2D eigenvalue weighted by Crippen LogP contribution is -2.49. The maximum atomic E-state index is 13.6. The van der Waals surface area contributed by atoms with E-state index >= 15 is 0 Å². The molecule has 0 bridgehead atoms. The van der Waals surface area contributed by atoms with Crippen LogP contribution in [-0.2, 0) is 23.4 Å². The second-order valence-corrected chi connectivity index (χ2v) is 9.46. The van der Waals surface area contributed by atoms with Crippen LogP contribution in [0, 0.1) is 5.92 Å². The number of fused-ring (bicyclic) bond motifs is 2. The number of nitrogens with zero attached hydrogens (tertiary/aromatic N) is 1. The zero-order chi connectivity index (χ0) is 20.2. The number of aliphatic hydroxyl groups is 1. The van der Waals surface area contributed by atoms with E-state index < -0.39 is 17.4 Å². The van der Waals surface area contributed by atoms with Gasteiger partial charge in [-0.15, -0.1) is 11.3 Å². The summed E-state index contributed by atoms with van der Waals surface area (Å²) in [6.45, 7) is 0.380. The van der Waals surface area contributed by atoms with Crippen LogP contribution in [0.4, 0.5) is 5.69 Å². The number of amides is 1. The van der Waals surface area contributed by atoms with Gasteiger partial charge in [0.25, 0.3) is 5.91 Å². The van der Waals surface area contributed by atoms with Gasteiger partial charge in [-0.2, -0.15) is 0 Å². The fraction of sp³-hybridized carbons (Fsp3) is 0.217. The molecule has 1 amide bonds. The molecule has 5 rings (SSSR count). The average Bonchev–Trinajstić information content (AvgIpc) is 3.31. The first-order valence-corrected chi connectivity index (χ1v) is 11.2. The Kier molecular flexibility index (Phi) is 4.46. The van der Waals surface area contributed by atoms with Gasteiger partial charge in [-0.1, -0.05) is 46.3 Å². The van der Waals surface area contributed by atoms with Crippen molar-refractivity contribution < 1.29 is 14.7 Å². The Morgan fingerprint density at radius 2 is 1.97 bits per heavy atom. The molecular formula is C23H18BrNO3S. The van der Waals surface area contributed by atoms with E-state index in [1.165, 1.54) is 0 Å². The third-order valence-corrected chi connectivity index (χ3v) is 7.29. The topological polar surface area (TPSA) is 57.6 Å². The molecule has 2 aromatic carbocycles. The van der Waals surface area contributed by atoms with Crippen molar-refractivity contribution >= 4 is 44.6 Å². The molecule has 6 heteroatoms. The standard InChI is InChI=1S/C23H18BrNO3S/c24-15-8-10-20-19(12-15)23(28,22(27)25(20)13-16-5-3-11-29-16)18-9-7-14-4-1-2-6-17(14)21(18)26/h1-6,8,10-12,18,28H,7,9,13H2/t18-,23+/m1/s1. The molecule has 1 N–H and O–H groups in total. The maximum Gasteiger partial charge on any atom is 0.264 e. The molecular weight excluding hydrogens is 450 g/mol. The number of anilines is 1. The molecule has 3 aromatic rings. The summed E-state index contributed by atoms with van der Waals surface area (Å²) in [7, 11) is 0. The first-order valence-electron chi connectivity index (χ1n) is 9.49. The minimum absolute atomic E-state index is 0.161. The molecule has 0 saturated carbocycles. The first kappa shape index (κ1) is 18.7. The minimum atomic E-state index is -1.86. The molecule has 0 unspecified atom stereocenters. The van der Waals surface area contributed by atoms with E-state index in [1.54, 1.807) is 28.4 Å². The SMILES string of the molecule is O=C1c2ccccc2CC[C@H]1[C@@]1(O)C(=O)N(Cc2cccs2)c2ccc(Br)cc21. The third kappa shape index (κ3) is 2.81. The molecule has 0 saturated heterocycles. The Balaban J connectivity index is 1.62. The van der Waals surface area contributed by atoms with Crippen molar-refractivity contribution in [1.29, 1.82) is 0 Å². The van der Waals surface area contributed by atoms with Crippen LogP contribution < -0.4 is 4.90 Å². The Labute approximate surface area is 180 Å². The minimum Gasteiger partial charge on any atom is -0.375 e. The fourth-order valence-corrected chi connectivity index (χ4v) is 5.58. The smallest absolute Gasteiger partial charge is 0.264 e. The van der Waals surface area contributed by atoms with Gasteiger partial charge in [-0.25, -0.2) is 0 Å². The van der Waals surface area contributed by atoms with Gasteiger partial charge in [0.1, 0.15) is 0 Å². The molecule has 1 aliphatic carbocycles. The van der Waals surface area contributed by atoms with E-state index in [9.17, 15) is 14.7 Å². The highest BCUT2D eigenvalue weighted by atomic mass is 79.9. The zero-order valence-corrected chi connectivity index (χ0v) is 17.9. The van der Waals surface area contributed by atoms with Crippen molar-refractivity contribution in [3.63, 3.8) is 0 Å². The number of Topliss-reactive ketones (excluding diaryl/α,β-unsaturated/α-hetero) is 1. The number of thiophene rings is 1. The fourth-order valence-electron chi connectivity index (χ4n) is 4.53. The molecule has 29 heavy (non-hydrogen) atoms. The number of halogens is 1. The number of rotatable bonds is 3. The summed E-state index contributed by atoms with van der Waals surface area (Å²) >= 11 is 5.02. The number of aryl methyl sites for hydroxylation is 1. The van der Waals surface area contributed by atoms with Gasteiger partial charge in [0.15, 0.2) is 11.4 Å². The number of ketones is 1. The second kappa shape index (κ2) is 6.90. The largest absolute Gasteiger partial charge is 0.375 e. The van der Waals surface area contributed by atoms with Gasteiger partial charge in [0, 0.05) is 20.5 Å². The van der Waals surface area contributed by atoms with Gasteiger partial charge in [0.05, 0.1) is 18.2 Å². The summed E-state index contributed by atoms with van der Waals surface area (Å²) in [6.07, 6.45) is 1.10. The summed E-state index contributed by atoms with van der Waals surface area (Å²) in [5, 5.41) is 13.8. The summed E-state index contributed by atoms with van der Waals surface area (Å²) in [4.78, 5) is 29.6. The van der Waals surface area contributed by atoms with E-state index in [1.807, 2.05) is 47.8 Å². The number of hydrogen-bond acceptors (Lipinski definition) is 4. The maximum absolute atomic E-state index is 13.6. The quantitative estimate of drug-likeness (QED) is 0.607. The van der Waals surface area contributed by atoms with Gasteiger partial charge in [-0.05, 0) is 48.1 Å². The van der Waals surface area contributed by atoms with Crippen LogP contribution in [0.2, 0.25) is 0 Å². The zero-order valence-electron chi connectivity index (χ0n) is 15.5. The lowest BCUT2D eigenvalue weighted by molar-refractivity contribution is -0.140. The van der Waals surface area contributed by atoms with Gasteiger partial charge >= 0.3 is 0 Å². The second-order valence-electron chi connectivity index (χ2n) is 7.51. The van der Waals surface area contributed by atoms with Gasteiger partial charge in [0.2, 0.25) is 0 Å². The lowest BCUT2D eigenvalue weighted by atomic mass is 9.71. The Bertz CT molecular complexity index is 1130. The molecule has 2 aliphatic rings. The van der Waals surface area contributed by atoms with Crippen molar-refractivity contribution in [2.75, 3.05) is 4.90 Å². The monoisotopic (exact) mass is 467 g/mol. The average molecular weight is 468 g/mol. The van der Waals surface area contributed by atoms with Crippen molar-refractivity contribution in [2.24, 2.45) is 5.92 Å². The van der Waals surface area contributed by atoms with Crippen LogP contribution in [-0.4, -0.2) is 16.8 Å². The molecule has 1 aliphatic heterocycles. The summed E-state index contributed by atoms with van der Waals surface area (Å²) in [5.41, 5.74) is 0.902. The van der Waals surface area contributed by atoms with E-state index in [0.29, 0.717) is 36.2 Å². The summed E-state index contributed by atoms with van der Waals surface area (Å²) in [5.74, 6) is -1.38. The molecule has 1 aromatic heterocycles. The predicted octanol–water partition coefficient (Wildman–Crippen LogP) is 4.69. The number of hydrogen-bond donors (Lipinski definition) is 1. The molecule has 0 fully saturated rings. The predicted molar refractivity (Wildman–Crippen MR) is 116 cm³/mol. The Morgan fingerprint density at radius 1 is 1.14 bits per heavy atom. The molecule has 2 heterocycles. The molecule has 0 radical (unpaired) electrons. The highest BCUT2D eigenvalue weighted by molar-refractivity contribution is 9.10. The summed E-state index contributed by atoms with van der Waals surface area (Å²) in [6, 6.07) is 16.9. The van der Waals surface area contributed by atoms with E-state index in [-0.39, 0.29) is 5.78 Å². The lowest BCUT2D eigenvalue weighted by Gasteiger charge is -2.34. The van der Waals surface area contributed by atoms with Crippen LogP contribution in [0.5, 0.6) is 0 Å². The van der Waals surface area contributed by atoms with Crippen molar-refractivity contribution in [2.45, 2.75) is 25.0 Å². The van der Waals surface area contributed by atoms with Crippen LogP contribution in [0.15, 0.2) is 64.5 Å². The highest BCUT2D eigenvalue weighted by Gasteiger charge is 2.57. The van der Waals surface area contributed by atoms with Crippen LogP contribution >= 0.6 is 27.3 Å². The number of carbonyl (C=O) groups is 2. The summed E-state index contributed by atoms with van der Waals surface area (Å²) < 4.78 is 0.768. The van der Waals surface area contributed by atoms with Crippen LogP contribution in [0.25, 0.3) is 0 Å². The molecule has 2 atom stereocenters. The Hall–Kier alpha value is -2.28. The highest BCUT2D eigenvalue weighted by Crippen LogP contribution is 2.49. The van der Waals surface area contributed by atoms with Crippen molar-refractivity contribution in [1.82, 2.24) is 0 Å². The van der Waals surface area contributed by atoms with E-state index in [4.69, 9.17) is 0 Å². The molecule has 0 spiro atoms. The van der Waals surface area contributed by atoms with Crippen molar-refractivity contribution in [3.05, 3.63) is 86.0 Å². The van der Waals surface area contributed by atoms with E-state index in [2.05, 4.69) is 15.9 Å². The molecule has 146 valence electrons. The third-order valence-electron chi connectivity index (χ3n) is 5.93. The van der Waals surface area contributed by atoms with Gasteiger partial charge < -0.3 is 10.0 Å². The van der Waals surface area contributed by atoms with Crippen LogP contribution in [0.3, 0.4) is 0 Å². The van der Waals surface area contributed by atoms with Crippen molar-refractivity contribution in [3.8, 4) is 0 Å². The van der Waals surface area contributed by atoms with Crippen LogP contribution in [0.1, 0.15) is 32.8 Å². The number of benzene rings is 2. The Morgan fingerprint density at radius 3 is 2.76 bits per heavy atom. The first-order chi connectivity index (χ1) is 14.0. The molecule has 4 nitrogen and oxygen atoms in total.